The Morgan fingerprint density at radius 1 is 0.889 bits per heavy atom. The lowest BCUT2D eigenvalue weighted by Crippen LogP contribution is -2.47. The van der Waals surface area contributed by atoms with Crippen molar-refractivity contribution in [3.63, 3.8) is 0 Å². The van der Waals surface area contributed by atoms with Crippen LogP contribution in [0.3, 0.4) is 0 Å². The third-order valence-corrected chi connectivity index (χ3v) is 5.70. The first-order chi connectivity index (χ1) is 12.3. The third kappa shape index (κ3) is 9.01. The summed E-state index contributed by atoms with van der Waals surface area (Å²) in [6, 6.07) is 0. The number of rotatable bonds is 12. The van der Waals surface area contributed by atoms with E-state index in [4.69, 9.17) is 5.11 Å². The molecule has 0 aliphatic heterocycles. The van der Waals surface area contributed by atoms with E-state index in [9.17, 15) is 27.7 Å². The minimum atomic E-state index is -5.11. The van der Waals surface area contributed by atoms with Crippen LogP contribution in [-0.2, 0) is 19.7 Å². The standard InChI is InChI=1S/C19H30O7S/c1-14(2)7-5-8-15(3)9-6-10-16(4)11-12-19(18(22)23,13-17(20)21)27(24,25)26/h7,9,11H,5-6,8,10,12-13H2,1-4H3,(H,20,21)(H,22,23)(H,24,25,26). The zero-order valence-corrected chi connectivity index (χ0v) is 17.2. The molecule has 0 aromatic rings. The van der Waals surface area contributed by atoms with Gasteiger partial charge >= 0.3 is 11.9 Å². The van der Waals surface area contributed by atoms with E-state index < -0.39 is 39.6 Å². The molecule has 0 aromatic heterocycles. The maximum atomic E-state index is 11.6. The molecule has 0 aliphatic rings. The van der Waals surface area contributed by atoms with Gasteiger partial charge in [0.05, 0.1) is 6.42 Å². The first kappa shape index (κ1) is 25.1. The Kier molecular flexibility index (Phi) is 10.2. The number of hydrogen-bond donors (Lipinski definition) is 3. The second-order valence-electron chi connectivity index (χ2n) is 7.01. The predicted octanol–water partition coefficient (Wildman–Crippen LogP) is 3.98. The summed E-state index contributed by atoms with van der Waals surface area (Å²) in [7, 11) is -5.11. The van der Waals surface area contributed by atoms with Crippen molar-refractivity contribution < 1.29 is 32.8 Å². The Balaban J connectivity index is 5.04. The van der Waals surface area contributed by atoms with Gasteiger partial charge in [0.1, 0.15) is 0 Å². The van der Waals surface area contributed by atoms with E-state index in [0.29, 0.717) is 12.8 Å². The highest BCUT2D eigenvalue weighted by Crippen LogP contribution is 2.28. The van der Waals surface area contributed by atoms with Crippen LogP contribution in [0.25, 0.3) is 0 Å². The summed E-state index contributed by atoms with van der Waals surface area (Å²) in [5.41, 5.74) is 3.22. The molecule has 0 spiro atoms. The maximum absolute atomic E-state index is 11.6. The molecule has 0 radical (unpaired) electrons. The molecule has 7 nitrogen and oxygen atoms in total. The molecule has 0 saturated heterocycles. The number of hydrogen-bond acceptors (Lipinski definition) is 4. The van der Waals surface area contributed by atoms with E-state index in [1.807, 2.05) is 20.8 Å². The fourth-order valence-electron chi connectivity index (χ4n) is 2.46. The quantitative estimate of drug-likeness (QED) is 0.332. The predicted molar refractivity (Wildman–Crippen MR) is 104 cm³/mol. The highest BCUT2D eigenvalue weighted by molar-refractivity contribution is 7.88. The van der Waals surface area contributed by atoms with E-state index in [1.54, 1.807) is 6.92 Å². The average molecular weight is 403 g/mol. The van der Waals surface area contributed by atoms with Crippen LogP contribution in [0, 0.1) is 0 Å². The summed E-state index contributed by atoms with van der Waals surface area (Å²) in [5.74, 6) is -3.50. The summed E-state index contributed by atoms with van der Waals surface area (Å²) in [6.07, 6.45) is 6.96. The molecule has 8 heteroatoms. The van der Waals surface area contributed by atoms with Crippen molar-refractivity contribution in [2.24, 2.45) is 0 Å². The van der Waals surface area contributed by atoms with E-state index in [0.717, 1.165) is 18.4 Å². The van der Waals surface area contributed by atoms with E-state index >= 15 is 0 Å². The van der Waals surface area contributed by atoms with Crippen molar-refractivity contribution in [1.82, 2.24) is 0 Å². The fraction of sp³-hybridized carbons (Fsp3) is 0.579. The molecule has 0 saturated carbocycles. The molecule has 0 aromatic carbocycles. The van der Waals surface area contributed by atoms with E-state index in [-0.39, 0.29) is 0 Å². The van der Waals surface area contributed by atoms with Gasteiger partial charge in [0.25, 0.3) is 10.1 Å². The van der Waals surface area contributed by atoms with Crippen LogP contribution in [0.5, 0.6) is 0 Å². The summed E-state index contributed by atoms with van der Waals surface area (Å²) in [6.45, 7) is 7.82. The Hall–Kier alpha value is -1.93. The molecule has 154 valence electrons. The topological polar surface area (TPSA) is 129 Å². The van der Waals surface area contributed by atoms with Crippen molar-refractivity contribution in [3.05, 3.63) is 34.9 Å². The van der Waals surface area contributed by atoms with Crippen molar-refractivity contribution in [2.75, 3.05) is 0 Å². The second kappa shape index (κ2) is 11.0. The summed E-state index contributed by atoms with van der Waals surface area (Å²) >= 11 is 0. The first-order valence-electron chi connectivity index (χ1n) is 8.68. The third-order valence-electron chi connectivity index (χ3n) is 4.22. The Morgan fingerprint density at radius 3 is 1.78 bits per heavy atom. The number of aliphatic carboxylic acids is 2. The normalized spacial score (nSPS) is 15.1. The zero-order valence-electron chi connectivity index (χ0n) is 16.4. The molecule has 0 fully saturated rings. The first-order valence-corrected chi connectivity index (χ1v) is 10.1. The van der Waals surface area contributed by atoms with Crippen LogP contribution in [0.2, 0.25) is 0 Å². The van der Waals surface area contributed by atoms with Gasteiger partial charge < -0.3 is 10.2 Å². The molecular weight excluding hydrogens is 372 g/mol. The maximum Gasteiger partial charge on any atom is 0.328 e. The summed E-state index contributed by atoms with van der Waals surface area (Å²) in [5, 5.41) is 18.1. The largest absolute Gasteiger partial charge is 0.481 e. The lowest BCUT2D eigenvalue weighted by Gasteiger charge is -2.23. The average Bonchev–Trinajstić information content (AvgIpc) is 2.49. The van der Waals surface area contributed by atoms with Crippen molar-refractivity contribution >= 4 is 22.1 Å². The zero-order chi connectivity index (χ0) is 21.3. The van der Waals surface area contributed by atoms with Crippen LogP contribution in [0.1, 0.15) is 66.2 Å². The molecule has 0 rings (SSSR count). The van der Waals surface area contributed by atoms with Crippen molar-refractivity contribution in [1.29, 1.82) is 0 Å². The smallest absolute Gasteiger partial charge is 0.328 e. The lowest BCUT2D eigenvalue weighted by atomic mass is 9.97. The van der Waals surface area contributed by atoms with Gasteiger partial charge in [0.2, 0.25) is 4.75 Å². The van der Waals surface area contributed by atoms with Crippen LogP contribution in [-0.4, -0.2) is 39.9 Å². The summed E-state index contributed by atoms with van der Waals surface area (Å²) < 4.78 is 29.7. The minimum absolute atomic E-state index is 0.578. The number of carbonyl (C=O) groups is 2. The molecule has 0 heterocycles. The van der Waals surface area contributed by atoms with Gasteiger partial charge in [-0.1, -0.05) is 34.9 Å². The number of allylic oxidation sites excluding steroid dienone is 6. The van der Waals surface area contributed by atoms with Crippen molar-refractivity contribution in [3.8, 4) is 0 Å². The molecule has 1 unspecified atom stereocenters. The number of carboxylic acid groups (broad SMARTS) is 2. The molecule has 0 aliphatic carbocycles. The van der Waals surface area contributed by atoms with Gasteiger partial charge in [-0.05, 0) is 59.8 Å². The Bertz CT molecular complexity index is 725. The SMILES string of the molecule is CC(C)=CCCC(C)=CCCC(C)=CCC(CC(=O)O)(C(=O)O)S(=O)(=O)O. The second-order valence-corrected chi connectivity index (χ2v) is 8.74. The van der Waals surface area contributed by atoms with Crippen LogP contribution in [0.15, 0.2) is 34.9 Å². The fourth-order valence-corrected chi connectivity index (χ4v) is 3.28. The van der Waals surface area contributed by atoms with Gasteiger partial charge in [-0.15, -0.1) is 0 Å². The molecule has 0 amide bonds. The highest BCUT2D eigenvalue weighted by Gasteiger charge is 2.51. The molecule has 27 heavy (non-hydrogen) atoms. The van der Waals surface area contributed by atoms with Crippen LogP contribution in [0.4, 0.5) is 0 Å². The van der Waals surface area contributed by atoms with Gasteiger partial charge in [-0.2, -0.15) is 8.42 Å². The molecule has 1 atom stereocenters. The van der Waals surface area contributed by atoms with Crippen LogP contribution < -0.4 is 0 Å². The Labute approximate surface area is 161 Å². The van der Waals surface area contributed by atoms with Crippen LogP contribution >= 0.6 is 0 Å². The van der Waals surface area contributed by atoms with Gasteiger partial charge in [0, 0.05) is 0 Å². The Morgan fingerprint density at radius 2 is 1.37 bits per heavy atom. The number of carboxylic acids is 2. The minimum Gasteiger partial charge on any atom is -0.481 e. The van der Waals surface area contributed by atoms with Crippen molar-refractivity contribution in [2.45, 2.75) is 71.0 Å². The van der Waals surface area contributed by atoms with Gasteiger partial charge in [-0.3, -0.25) is 14.1 Å². The molecule has 0 bridgehead atoms. The highest BCUT2D eigenvalue weighted by atomic mass is 32.2. The monoisotopic (exact) mass is 402 g/mol. The van der Waals surface area contributed by atoms with Gasteiger partial charge in [0.15, 0.2) is 0 Å². The summed E-state index contributed by atoms with van der Waals surface area (Å²) in [4.78, 5) is 22.3. The molecule has 3 N–H and O–H groups in total. The van der Waals surface area contributed by atoms with Gasteiger partial charge in [-0.25, -0.2) is 0 Å². The molecular formula is C19H30O7S. The lowest BCUT2D eigenvalue weighted by molar-refractivity contribution is -0.146. The van der Waals surface area contributed by atoms with E-state index in [2.05, 4.69) is 12.2 Å². The van der Waals surface area contributed by atoms with E-state index in [1.165, 1.54) is 17.2 Å².